The third-order valence-electron chi connectivity index (χ3n) is 3.08. The minimum atomic E-state index is -3.96. The monoisotopic (exact) mass is 373 g/mol. The third-order valence-corrected chi connectivity index (χ3v) is 6.00. The molecule has 2 aromatic carbocycles. The van der Waals surface area contributed by atoms with Gasteiger partial charge in [-0.2, -0.15) is 0 Å². The molecule has 0 radical (unpaired) electrons. The summed E-state index contributed by atoms with van der Waals surface area (Å²) in [6, 6.07) is 13.4. The second kappa shape index (κ2) is 5.70. The van der Waals surface area contributed by atoms with Crippen molar-refractivity contribution in [2.24, 2.45) is 0 Å². The summed E-state index contributed by atoms with van der Waals surface area (Å²) in [6.45, 7) is 0. The summed E-state index contributed by atoms with van der Waals surface area (Å²) >= 11 is 5.97. The van der Waals surface area contributed by atoms with Crippen molar-refractivity contribution >= 4 is 53.2 Å². The van der Waals surface area contributed by atoms with Crippen molar-refractivity contribution in [2.45, 2.75) is 9.79 Å². The van der Waals surface area contributed by atoms with Gasteiger partial charge in [0.1, 0.15) is 4.90 Å². The maximum atomic E-state index is 12.7. The summed E-state index contributed by atoms with van der Waals surface area (Å²) < 4.78 is 37.5. The molecule has 0 aliphatic heterocycles. The summed E-state index contributed by atoms with van der Waals surface area (Å²) in [5.41, 5.74) is 0.439. The summed E-state index contributed by atoms with van der Waals surface area (Å²) in [7, 11) is -0.104. The highest BCUT2D eigenvalue weighted by atomic mass is 35.7. The molecule has 1 heterocycles. The Morgan fingerprint density at radius 3 is 2.36 bits per heavy atom. The summed E-state index contributed by atoms with van der Waals surface area (Å²) in [4.78, 5) is 0.447. The summed E-state index contributed by atoms with van der Waals surface area (Å²) in [6.07, 6.45) is 1.27. The number of nitrogens with zero attached hydrogens (tertiary/aromatic N) is 1. The van der Waals surface area contributed by atoms with Crippen LogP contribution in [0.15, 0.2) is 64.5 Å². The summed E-state index contributed by atoms with van der Waals surface area (Å²) in [5.74, 6) is 0. The molecular weight excluding hydrogens is 365 g/mol. The van der Waals surface area contributed by atoms with Crippen LogP contribution in [0, 0.1) is 0 Å². The first-order chi connectivity index (χ1) is 10.4. The molecule has 0 fully saturated rings. The molecule has 3 aromatic rings. The Hall–Kier alpha value is -1.34. The lowest BCUT2D eigenvalue weighted by molar-refractivity contribution is 0.610. The van der Waals surface area contributed by atoms with Crippen molar-refractivity contribution in [2.75, 3.05) is 0 Å². The zero-order valence-corrected chi connectivity index (χ0v) is 14.1. The fourth-order valence-corrected chi connectivity index (χ4v) is 4.54. The van der Waals surface area contributed by atoms with E-state index in [-0.39, 0.29) is 4.90 Å². The molecular formula is C14H9Cl2NO3S2. The Bertz CT molecular complexity index is 982. The van der Waals surface area contributed by atoms with Crippen molar-refractivity contribution in [3.8, 4) is 0 Å². The van der Waals surface area contributed by atoms with E-state index >= 15 is 0 Å². The van der Waals surface area contributed by atoms with Crippen LogP contribution in [0.2, 0.25) is 5.02 Å². The Labute approximate surface area is 139 Å². The molecule has 0 N–H and O–H groups in total. The number of rotatable bonds is 3. The lowest BCUT2D eigenvalue weighted by Gasteiger charge is -2.05. The topological polar surface area (TPSA) is 56.1 Å². The van der Waals surface area contributed by atoms with Crippen LogP contribution >= 0.6 is 22.3 Å². The highest BCUT2D eigenvalue weighted by Gasteiger charge is 2.21. The van der Waals surface area contributed by atoms with Gasteiger partial charge in [-0.15, -0.1) is 0 Å². The highest BCUT2D eigenvalue weighted by molar-refractivity contribution is 8.14. The Balaban J connectivity index is 2.31. The summed E-state index contributed by atoms with van der Waals surface area (Å²) in [5, 5.41) is 0.791. The molecule has 4 nitrogen and oxygen atoms in total. The van der Waals surface area contributed by atoms with Crippen LogP contribution < -0.4 is 0 Å². The predicted octanol–water partition coefficient (Wildman–Crippen LogP) is 3.79. The second-order valence-electron chi connectivity index (χ2n) is 4.48. The van der Waals surface area contributed by atoms with Gasteiger partial charge in [-0.05, 0) is 30.3 Å². The highest BCUT2D eigenvalue weighted by Crippen LogP contribution is 2.31. The van der Waals surface area contributed by atoms with E-state index in [1.807, 2.05) is 0 Å². The molecule has 0 amide bonds. The molecule has 1 aromatic heterocycles. The maximum Gasteiger partial charge on any atom is 0.263 e. The number of hydrogen-bond acceptors (Lipinski definition) is 3. The first-order valence-electron chi connectivity index (χ1n) is 6.10. The number of aromatic nitrogens is 1. The average molecular weight is 374 g/mol. The smallest absolute Gasteiger partial charge is 0.261 e. The minimum Gasteiger partial charge on any atom is -0.261 e. The van der Waals surface area contributed by atoms with Crippen LogP contribution in [-0.4, -0.2) is 16.6 Å². The zero-order valence-electron chi connectivity index (χ0n) is 10.9. The molecule has 0 aliphatic carbocycles. The SMILES string of the molecule is O=S(c1ccccc1)n1cc(S(=O)(=O)Cl)c2ccc(Cl)cc21. The molecule has 0 aliphatic rings. The van der Waals surface area contributed by atoms with Crippen molar-refractivity contribution in [1.29, 1.82) is 0 Å². The van der Waals surface area contributed by atoms with Crippen LogP contribution in [0.1, 0.15) is 0 Å². The molecule has 0 bridgehead atoms. The lowest BCUT2D eigenvalue weighted by atomic mass is 10.2. The van der Waals surface area contributed by atoms with Crippen LogP contribution in [0.25, 0.3) is 10.9 Å². The number of fused-ring (bicyclic) bond motifs is 1. The normalized spacial score (nSPS) is 13.4. The Morgan fingerprint density at radius 2 is 1.73 bits per heavy atom. The van der Waals surface area contributed by atoms with Gasteiger partial charge in [-0.1, -0.05) is 29.8 Å². The van der Waals surface area contributed by atoms with Gasteiger partial charge in [-0.3, -0.25) is 3.97 Å². The van der Waals surface area contributed by atoms with E-state index in [4.69, 9.17) is 22.3 Å². The number of benzene rings is 2. The van der Waals surface area contributed by atoms with E-state index in [2.05, 4.69) is 0 Å². The van der Waals surface area contributed by atoms with E-state index < -0.39 is 20.0 Å². The van der Waals surface area contributed by atoms with Gasteiger partial charge < -0.3 is 0 Å². The molecule has 0 spiro atoms. The molecule has 0 saturated carbocycles. The van der Waals surface area contributed by atoms with E-state index in [9.17, 15) is 12.6 Å². The van der Waals surface area contributed by atoms with Crippen LogP contribution in [0.4, 0.5) is 0 Å². The molecule has 22 heavy (non-hydrogen) atoms. The van der Waals surface area contributed by atoms with E-state index in [1.165, 1.54) is 10.2 Å². The van der Waals surface area contributed by atoms with E-state index in [0.29, 0.717) is 20.8 Å². The van der Waals surface area contributed by atoms with Crippen LogP contribution in [-0.2, 0) is 20.0 Å². The van der Waals surface area contributed by atoms with Crippen molar-refractivity contribution in [3.05, 3.63) is 59.8 Å². The van der Waals surface area contributed by atoms with Gasteiger partial charge in [0, 0.05) is 27.3 Å². The third kappa shape index (κ3) is 2.79. The molecule has 3 rings (SSSR count). The van der Waals surface area contributed by atoms with Crippen molar-refractivity contribution < 1.29 is 12.6 Å². The van der Waals surface area contributed by atoms with Gasteiger partial charge >= 0.3 is 0 Å². The number of hydrogen-bond donors (Lipinski definition) is 0. The molecule has 1 unspecified atom stereocenters. The van der Waals surface area contributed by atoms with Crippen LogP contribution in [0.3, 0.4) is 0 Å². The van der Waals surface area contributed by atoms with Gasteiger partial charge in [0.25, 0.3) is 9.05 Å². The fourth-order valence-electron chi connectivity index (χ4n) is 2.12. The minimum absolute atomic E-state index is 0.0925. The Kier molecular flexibility index (Phi) is 4.03. The molecule has 0 saturated heterocycles. The standard InChI is InChI=1S/C14H9Cl2NO3S2/c15-10-6-7-12-13(8-10)17(9-14(12)22(16,19)20)21(18)11-4-2-1-3-5-11/h1-9H. The number of halogens is 2. The van der Waals surface area contributed by atoms with Gasteiger partial charge in [0.2, 0.25) is 0 Å². The van der Waals surface area contributed by atoms with Crippen molar-refractivity contribution in [1.82, 2.24) is 3.97 Å². The zero-order chi connectivity index (χ0) is 15.9. The lowest BCUT2D eigenvalue weighted by Crippen LogP contribution is -2.03. The fraction of sp³-hybridized carbons (Fsp3) is 0. The van der Waals surface area contributed by atoms with Gasteiger partial charge in [-0.25, -0.2) is 12.6 Å². The van der Waals surface area contributed by atoms with Gasteiger partial charge in [0.05, 0.1) is 10.4 Å². The molecule has 1 atom stereocenters. The first-order valence-corrected chi connectivity index (χ1v) is 9.90. The van der Waals surface area contributed by atoms with E-state index in [0.717, 1.165) is 0 Å². The molecule has 114 valence electrons. The maximum absolute atomic E-state index is 12.7. The van der Waals surface area contributed by atoms with Crippen LogP contribution in [0.5, 0.6) is 0 Å². The van der Waals surface area contributed by atoms with E-state index in [1.54, 1.807) is 48.5 Å². The largest absolute Gasteiger partial charge is 0.263 e. The first kappa shape index (κ1) is 15.6. The predicted molar refractivity (Wildman–Crippen MR) is 88.2 cm³/mol. The molecule has 8 heteroatoms. The Morgan fingerprint density at radius 1 is 1.05 bits per heavy atom. The van der Waals surface area contributed by atoms with Crippen molar-refractivity contribution in [3.63, 3.8) is 0 Å². The second-order valence-corrected chi connectivity index (χ2v) is 8.81. The van der Waals surface area contributed by atoms with Gasteiger partial charge in [0.15, 0.2) is 11.0 Å². The average Bonchev–Trinajstić information content (AvgIpc) is 2.86. The quantitative estimate of drug-likeness (QED) is 0.656.